The summed E-state index contributed by atoms with van der Waals surface area (Å²) in [5.41, 5.74) is 0.900. The fraction of sp³-hybridized carbons (Fsp3) is 0.667. The molecule has 1 rings (SSSR count). The van der Waals surface area contributed by atoms with Crippen molar-refractivity contribution in [1.29, 1.82) is 0 Å². The average molecular weight is 506 g/mol. The smallest absolute Gasteiger partial charge is 0.191 e. The molecule has 7 heteroatoms. The summed E-state index contributed by atoms with van der Waals surface area (Å²) < 4.78 is 5.71. The third-order valence-corrected chi connectivity index (χ3v) is 3.83. The Kier molecular flexibility index (Phi) is 12.7. The quantitative estimate of drug-likeness (QED) is 0.258. The molecule has 0 saturated carbocycles. The highest BCUT2D eigenvalue weighted by Crippen LogP contribution is 2.20. The minimum absolute atomic E-state index is 0. The van der Waals surface area contributed by atoms with E-state index in [0.717, 1.165) is 30.4 Å². The highest BCUT2D eigenvalue weighted by molar-refractivity contribution is 14.0. The Morgan fingerprint density at radius 3 is 2.50 bits per heavy atom. The second-order valence-electron chi connectivity index (χ2n) is 8.23. The van der Waals surface area contributed by atoms with Crippen molar-refractivity contribution in [3.05, 3.63) is 29.8 Å². The van der Waals surface area contributed by atoms with E-state index in [2.05, 4.69) is 43.5 Å². The van der Waals surface area contributed by atoms with Crippen LogP contribution in [0, 0.1) is 5.41 Å². The molecule has 0 fully saturated rings. The van der Waals surface area contributed by atoms with Crippen molar-refractivity contribution in [2.75, 3.05) is 40.3 Å². The van der Waals surface area contributed by atoms with E-state index >= 15 is 0 Å². The van der Waals surface area contributed by atoms with Crippen LogP contribution < -0.4 is 15.4 Å². The number of hydrogen-bond acceptors (Lipinski definition) is 4. The van der Waals surface area contributed by atoms with Gasteiger partial charge in [0, 0.05) is 26.2 Å². The van der Waals surface area contributed by atoms with Crippen molar-refractivity contribution in [2.45, 2.75) is 46.8 Å². The Bertz CT molecular complexity index is 592. The number of halogens is 1. The zero-order valence-electron chi connectivity index (χ0n) is 18.5. The van der Waals surface area contributed by atoms with Crippen molar-refractivity contribution < 1.29 is 9.84 Å². The van der Waals surface area contributed by atoms with Crippen LogP contribution in [0.25, 0.3) is 0 Å². The van der Waals surface area contributed by atoms with E-state index in [1.165, 1.54) is 0 Å². The van der Waals surface area contributed by atoms with Gasteiger partial charge in [0.05, 0.1) is 12.2 Å². The molecule has 0 aliphatic carbocycles. The molecule has 1 aromatic rings. The van der Waals surface area contributed by atoms with Crippen molar-refractivity contribution in [3.8, 4) is 5.75 Å². The van der Waals surface area contributed by atoms with Gasteiger partial charge >= 0.3 is 0 Å². The second-order valence-corrected chi connectivity index (χ2v) is 8.23. The monoisotopic (exact) mass is 506 g/mol. The van der Waals surface area contributed by atoms with E-state index in [1.54, 1.807) is 0 Å². The van der Waals surface area contributed by atoms with E-state index in [4.69, 9.17) is 9.73 Å². The lowest BCUT2D eigenvalue weighted by molar-refractivity contribution is 0.179. The van der Waals surface area contributed by atoms with Crippen molar-refractivity contribution in [2.24, 2.45) is 10.4 Å². The summed E-state index contributed by atoms with van der Waals surface area (Å²) in [6, 6.07) is 7.60. The summed E-state index contributed by atoms with van der Waals surface area (Å²) in [5, 5.41) is 17.0. The largest absolute Gasteiger partial charge is 0.491 e. The summed E-state index contributed by atoms with van der Waals surface area (Å²) >= 11 is 0. The molecule has 0 amide bonds. The highest BCUT2D eigenvalue weighted by atomic mass is 127. The number of rotatable bonds is 10. The Balaban J connectivity index is 0.00000729. The molecule has 0 aliphatic rings. The molecule has 1 aromatic carbocycles. The number of nitrogens with one attached hydrogen (secondary N) is 2. The summed E-state index contributed by atoms with van der Waals surface area (Å²) in [6.07, 6.45) is -0.534. The maximum atomic E-state index is 10.5. The van der Waals surface area contributed by atoms with Crippen LogP contribution in [0.3, 0.4) is 0 Å². The van der Waals surface area contributed by atoms with Crippen LogP contribution in [0.5, 0.6) is 5.75 Å². The lowest BCUT2D eigenvalue weighted by Gasteiger charge is -2.27. The summed E-state index contributed by atoms with van der Waals surface area (Å²) in [5.74, 6) is 1.49. The first-order valence-electron chi connectivity index (χ1n) is 9.74. The number of nitrogens with zero attached hydrogens (tertiary/aromatic N) is 2. The predicted molar refractivity (Wildman–Crippen MR) is 129 cm³/mol. The Morgan fingerprint density at radius 2 is 1.93 bits per heavy atom. The molecule has 0 heterocycles. The van der Waals surface area contributed by atoms with Gasteiger partial charge in [0.1, 0.15) is 5.75 Å². The average Bonchev–Trinajstić information content (AvgIpc) is 2.55. The molecule has 0 radical (unpaired) electrons. The second kappa shape index (κ2) is 13.2. The Hall–Kier alpha value is -1.06. The molecule has 0 bridgehead atoms. The summed E-state index contributed by atoms with van der Waals surface area (Å²) in [6.45, 7) is 13.2. The lowest BCUT2D eigenvalue weighted by atomic mass is 9.93. The van der Waals surface area contributed by atoms with Crippen molar-refractivity contribution >= 4 is 29.9 Å². The first-order valence-corrected chi connectivity index (χ1v) is 9.74. The van der Waals surface area contributed by atoms with Gasteiger partial charge in [-0.15, -0.1) is 24.0 Å². The number of hydrogen-bond donors (Lipinski definition) is 3. The number of ether oxygens (including phenoxy) is 1. The molecule has 162 valence electrons. The fourth-order valence-electron chi connectivity index (χ4n) is 2.92. The van der Waals surface area contributed by atoms with E-state index in [0.29, 0.717) is 13.1 Å². The lowest BCUT2D eigenvalue weighted by Crippen LogP contribution is -2.40. The summed E-state index contributed by atoms with van der Waals surface area (Å²) in [7, 11) is 4.14. The molecular weight excluding hydrogens is 467 g/mol. The third kappa shape index (κ3) is 11.1. The van der Waals surface area contributed by atoms with E-state index < -0.39 is 6.10 Å². The van der Waals surface area contributed by atoms with Crippen LogP contribution in [0.4, 0.5) is 0 Å². The van der Waals surface area contributed by atoms with Crippen LogP contribution in [0.2, 0.25) is 0 Å². The first-order chi connectivity index (χ1) is 12.6. The Morgan fingerprint density at radius 1 is 1.25 bits per heavy atom. The SMILES string of the molecule is CCNC(=NCC(C)(C)CN(C)C)NCC(O)c1cccc(OC(C)C)c1.I. The van der Waals surface area contributed by atoms with E-state index in [1.807, 2.05) is 45.0 Å². The van der Waals surface area contributed by atoms with Gasteiger partial charge in [-0.25, -0.2) is 0 Å². The minimum Gasteiger partial charge on any atom is -0.491 e. The molecular formula is C21H39IN4O2. The normalized spacial score (nSPS) is 13.3. The van der Waals surface area contributed by atoms with Gasteiger partial charge in [0.2, 0.25) is 0 Å². The topological polar surface area (TPSA) is 69.1 Å². The highest BCUT2D eigenvalue weighted by Gasteiger charge is 2.19. The first kappa shape index (κ1) is 26.9. The van der Waals surface area contributed by atoms with Gasteiger partial charge < -0.3 is 25.4 Å². The molecule has 6 nitrogen and oxygen atoms in total. The van der Waals surface area contributed by atoms with Crippen LogP contribution in [-0.2, 0) is 0 Å². The number of aliphatic imine (C=N–C) groups is 1. The molecule has 3 N–H and O–H groups in total. The number of guanidine groups is 1. The van der Waals surface area contributed by atoms with Crippen LogP contribution >= 0.6 is 24.0 Å². The standard InChI is InChI=1S/C21H38N4O2.HI/c1-8-22-20(24-14-21(4,5)15-25(6)7)23-13-19(26)17-10-9-11-18(12-17)27-16(2)3;/h9-12,16,19,26H,8,13-15H2,1-7H3,(H2,22,23,24);1H. The predicted octanol–water partition coefficient (Wildman–Crippen LogP) is 3.27. The minimum atomic E-state index is -0.639. The molecule has 1 atom stereocenters. The van der Waals surface area contributed by atoms with E-state index in [9.17, 15) is 5.11 Å². The van der Waals surface area contributed by atoms with Gasteiger partial charge in [0.25, 0.3) is 0 Å². The third-order valence-electron chi connectivity index (χ3n) is 3.83. The maximum Gasteiger partial charge on any atom is 0.191 e. The summed E-state index contributed by atoms with van der Waals surface area (Å²) in [4.78, 5) is 6.87. The van der Waals surface area contributed by atoms with Gasteiger partial charge in [-0.1, -0.05) is 26.0 Å². The number of benzene rings is 1. The zero-order valence-corrected chi connectivity index (χ0v) is 20.8. The van der Waals surface area contributed by atoms with Crippen LogP contribution in [0.1, 0.15) is 46.3 Å². The molecule has 1 unspecified atom stereocenters. The van der Waals surface area contributed by atoms with Crippen LogP contribution in [-0.4, -0.2) is 62.3 Å². The molecule has 0 aliphatic heterocycles. The maximum absolute atomic E-state index is 10.5. The van der Waals surface area contributed by atoms with Crippen molar-refractivity contribution in [3.63, 3.8) is 0 Å². The number of aliphatic hydroxyl groups excluding tert-OH is 1. The van der Waals surface area contributed by atoms with Gasteiger partial charge in [-0.2, -0.15) is 0 Å². The molecule has 0 aromatic heterocycles. The van der Waals surface area contributed by atoms with Gasteiger partial charge in [-0.05, 0) is 58.0 Å². The zero-order chi connectivity index (χ0) is 20.4. The van der Waals surface area contributed by atoms with Gasteiger partial charge in [0.15, 0.2) is 5.96 Å². The van der Waals surface area contributed by atoms with Crippen LogP contribution in [0.15, 0.2) is 29.3 Å². The Labute approximate surface area is 188 Å². The van der Waals surface area contributed by atoms with E-state index in [-0.39, 0.29) is 35.5 Å². The fourth-order valence-corrected chi connectivity index (χ4v) is 2.92. The number of aliphatic hydroxyl groups is 1. The van der Waals surface area contributed by atoms with Crippen molar-refractivity contribution in [1.82, 2.24) is 15.5 Å². The molecule has 0 saturated heterocycles. The molecule has 28 heavy (non-hydrogen) atoms. The molecule has 0 spiro atoms. The van der Waals surface area contributed by atoms with Gasteiger partial charge in [-0.3, -0.25) is 4.99 Å².